The number of hydrogen-bond donors (Lipinski definition) is 1. The van der Waals surface area contributed by atoms with E-state index in [0.29, 0.717) is 12.8 Å². The maximum absolute atomic E-state index is 12.1. The smallest absolute Gasteiger partial charge is 0.240 e. The Morgan fingerprint density at radius 3 is 2.00 bits per heavy atom. The largest absolute Gasteiger partial charge is 0.273 e. The fourth-order valence-electron chi connectivity index (χ4n) is 2.45. The number of hydrazone groups is 1. The molecule has 1 heterocycles. The van der Waals surface area contributed by atoms with Crippen LogP contribution in [0.1, 0.15) is 23.2 Å². The fraction of sp³-hybridized carbons (Fsp3) is 0.0952. The number of carbonyl (C=O) groups is 1. The predicted molar refractivity (Wildman–Crippen MR) is 99.2 cm³/mol. The molecule has 3 rings (SSSR count). The summed E-state index contributed by atoms with van der Waals surface area (Å²) in [4.78, 5) is 16.4. The normalized spacial score (nSPS) is 10.1. The van der Waals surface area contributed by atoms with Crippen LogP contribution in [0.2, 0.25) is 0 Å². The lowest BCUT2D eigenvalue weighted by Crippen LogP contribution is -2.21. The molecule has 0 radical (unpaired) electrons. The van der Waals surface area contributed by atoms with Gasteiger partial charge in [0.05, 0.1) is 5.71 Å². The third-order valence-corrected chi connectivity index (χ3v) is 3.72. The Labute approximate surface area is 147 Å². The highest BCUT2D eigenvalue weighted by molar-refractivity contribution is 6.13. The van der Waals surface area contributed by atoms with Crippen molar-refractivity contribution < 1.29 is 4.79 Å². The van der Waals surface area contributed by atoms with Crippen LogP contribution in [-0.2, 0) is 11.2 Å². The summed E-state index contributed by atoms with van der Waals surface area (Å²) in [6.07, 6.45) is 2.67. The molecule has 0 aliphatic rings. The van der Waals surface area contributed by atoms with Crippen molar-refractivity contribution in [2.24, 2.45) is 5.10 Å². The van der Waals surface area contributed by atoms with Gasteiger partial charge in [-0.25, -0.2) is 5.43 Å². The molecule has 0 atom stereocenters. The minimum absolute atomic E-state index is 0.130. The minimum Gasteiger partial charge on any atom is -0.273 e. The summed E-state index contributed by atoms with van der Waals surface area (Å²) >= 11 is 0. The standard InChI is InChI=1S/C21H19N3O/c25-20(15-14-19-13-7-8-16-22-19)23-24-21(17-9-3-1-4-10-17)18-11-5-2-6-12-18/h1-13,16H,14-15H2,(H,23,25). The number of hydrogen-bond acceptors (Lipinski definition) is 3. The predicted octanol–water partition coefficient (Wildman–Crippen LogP) is 3.58. The van der Waals surface area contributed by atoms with Gasteiger partial charge in [0.2, 0.25) is 5.91 Å². The molecule has 1 N–H and O–H groups in total. The molecule has 0 saturated heterocycles. The van der Waals surface area contributed by atoms with Crippen LogP contribution in [0.5, 0.6) is 0 Å². The van der Waals surface area contributed by atoms with Gasteiger partial charge < -0.3 is 0 Å². The average molecular weight is 329 g/mol. The molecule has 4 nitrogen and oxygen atoms in total. The molecule has 0 fully saturated rings. The van der Waals surface area contributed by atoms with Crippen LogP contribution in [0.4, 0.5) is 0 Å². The van der Waals surface area contributed by atoms with E-state index in [1.54, 1.807) is 6.20 Å². The van der Waals surface area contributed by atoms with E-state index in [1.165, 1.54) is 0 Å². The van der Waals surface area contributed by atoms with Gasteiger partial charge in [-0.2, -0.15) is 5.10 Å². The molecule has 1 amide bonds. The lowest BCUT2D eigenvalue weighted by Gasteiger charge is -2.08. The molecule has 2 aromatic carbocycles. The van der Waals surface area contributed by atoms with Crippen LogP contribution in [0.15, 0.2) is 90.2 Å². The molecule has 124 valence electrons. The van der Waals surface area contributed by atoms with Crippen molar-refractivity contribution >= 4 is 11.6 Å². The van der Waals surface area contributed by atoms with E-state index in [4.69, 9.17) is 0 Å². The highest BCUT2D eigenvalue weighted by atomic mass is 16.2. The van der Waals surface area contributed by atoms with Gasteiger partial charge in [-0.15, -0.1) is 0 Å². The average Bonchev–Trinajstić information content (AvgIpc) is 2.69. The molecule has 0 saturated carbocycles. The van der Waals surface area contributed by atoms with Gasteiger partial charge in [0, 0.05) is 29.4 Å². The highest BCUT2D eigenvalue weighted by Gasteiger charge is 2.08. The zero-order chi connectivity index (χ0) is 17.3. The zero-order valence-corrected chi connectivity index (χ0v) is 13.8. The summed E-state index contributed by atoms with van der Waals surface area (Å²) in [5, 5.41) is 4.37. The number of pyridine rings is 1. The number of aryl methyl sites for hydroxylation is 1. The second kappa shape index (κ2) is 8.55. The van der Waals surface area contributed by atoms with Crippen molar-refractivity contribution in [1.82, 2.24) is 10.4 Å². The Hall–Kier alpha value is -3.27. The number of amides is 1. The van der Waals surface area contributed by atoms with E-state index in [1.807, 2.05) is 78.9 Å². The molecule has 3 aromatic rings. The lowest BCUT2D eigenvalue weighted by molar-refractivity contribution is -0.121. The lowest BCUT2D eigenvalue weighted by atomic mass is 10.0. The van der Waals surface area contributed by atoms with Crippen LogP contribution >= 0.6 is 0 Å². The quantitative estimate of drug-likeness (QED) is 0.555. The maximum Gasteiger partial charge on any atom is 0.240 e. The Morgan fingerprint density at radius 1 is 0.840 bits per heavy atom. The molecule has 25 heavy (non-hydrogen) atoms. The van der Waals surface area contributed by atoms with Gasteiger partial charge in [0.25, 0.3) is 0 Å². The van der Waals surface area contributed by atoms with Gasteiger partial charge in [0.1, 0.15) is 0 Å². The van der Waals surface area contributed by atoms with Gasteiger partial charge >= 0.3 is 0 Å². The van der Waals surface area contributed by atoms with Gasteiger partial charge in [0.15, 0.2) is 0 Å². The van der Waals surface area contributed by atoms with E-state index in [-0.39, 0.29) is 5.91 Å². The molecule has 4 heteroatoms. The molecule has 0 aliphatic carbocycles. The molecule has 0 aliphatic heterocycles. The number of benzene rings is 2. The summed E-state index contributed by atoms with van der Waals surface area (Å²) in [5.74, 6) is -0.130. The Bertz CT molecular complexity index is 789. The zero-order valence-electron chi connectivity index (χ0n) is 13.8. The van der Waals surface area contributed by atoms with E-state index in [0.717, 1.165) is 22.5 Å². The fourth-order valence-corrected chi connectivity index (χ4v) is 2.45. The van der Waals surface area contributed by atoms with Crippen LogP contribution < -0.4 is 5.43 Å². The van der Waals surface area contributed by atoms with Crippen molar-refractivity contribution in [3.05, 3.63) is 102 Å². The molecule has 0 unspecified atom stereocenters. The van der Waals surface area contributed by atoms with Crippen LogP contribution in [0, 0.1) is 0 Å². The Balaban J connectivity index is 1.72. The summed E-state index contributed by atoms with van der Waals surface area (Å²) in [5.41, 5.74) is 6.22. The first-order valence-corrected chi connectivity index (χ1v) is 8.20. The molecule has 1 aromatic heterocycles. The minimum atomic E-state index is -0.130. The van der Waals surface area contributed by atoms with Crippen molar-refractivity contribution in [2.45, 2.75) is 12.8 Å². The van der Waals surface area contributed by atoms with E-state index < -0.39 is 0 Å². The first kappa shape index (κ1) is 16.6. The number of carbonyl (C=O) groups excluding carboxylic acids is 1. The van der Waals surface area contributed by atoms with Crippen LogP contribution in [0.3, 0.4) is 0 Å². The third-order valence-electron chi connectivity index (χ3n) is 3.72. The van der Waals surface area contributed by atoms with Crippen LogP contribution in [0.25, 0.3) is 0 Å². The van der Waals surface area contributed by atoms with Crippen molar-refractivity contribution in [1.29, 1.82) is 0 Å². The number of rotatable bonds is 6. The number of nitrogens with zero attached hydrogens (tertiary/aromatic N) is 2. The molecular formula is C21H19N3O. The first-order chi connectivity index (χ1) is 12.3. The maximum atomic E-state index is 12.1. The van der Waals surface area contributed by atoms with E-state index in [2.05, 4.69) is 15.5 Å². The van der Waals surface area contributed by atoms with Gasteiger partial charge in [-0.05, 0) is 18.6 Å². The monoisotopic (exact) mass is 329 g/mol. The highest BCUT2D eigenvalue weighted by Crippen LogP contribution is 2.10. The number of nitrogens with one attached hydrogen (secondary N) is 1. The Kier molecular flexibility index (Phi) is 5.67. The topological polar surface area (TPSA) is 54.4 Å². The van der Waals surface area contributed by atoms with Gasteiger partial charge in [-0.3, -0.25) is 9.78 Å². The van der Waals surface area contributed by atoms with Gasteiger partial charge in [-0.1, -0.05) is 66.7 Å². The third kappa shape index (κ3) is 4.85. The second-order valence-corrected chi connectivity index (χ2v) is 5.55. The summed E-state index contributed by atoms with van der Waals surface area (Å²) in [6.45, 7) is 0. The second-order valence-electron chi connectivity index (χ2n) is 5.55. The summed E-state index contributed by atoms with van der Waals surface area (Å²) < 4.78 is 0. The van der Waals surface area contributed by atoms with E-state index in [9.17, 15) is 4.79 Å². The van der Waals surface area contributed by atoms with Crippen molar-refractivity contribution in [3.8, 4) is 0 Å². The molecule has 0 spiro atoms. The van der Waals surface area contributed by atoms with Crippen LogP contribution in [-0.4, -0.2) is 16.6 Å². The summed E-state index contributed by atoms with van der Waals surface area (Å²) in [6, 6.07) is 25.3. The molecular weight excluding hydrogens is 310 g/mol. The first-order valence-electron chi connectivity index (χ1n) is 8.20. The van der Waals surface area contributed by atoms with Crippen molar-refractivity contribution in [3.63, 3.8) is 0 Å². The van der Waals surface area contributed by atoms with Crippen molar-refractivity contribution in [2.75, 3.05) is 0 Å². The van der Waals surface area contributed by atoms with E-state index >= 15 is 0 Å². The Morgan fingerprint density at radius 2 is 1.44 bits per heavy atom. The SMILES string of the molecule is O=C(CCc1ccccn1)NN=C(c1ccccc1)c1ccccc1. The summed E-state index contributed by atoms with van der Waals surface area (Å²) in [7, 11) is 0. The molecule has 0 bridgehead atoms. The number of aromatic nitrogens is 1.